The molecule has 0 aromatic heterocycles. The monoisotopic (exact) mass is 882 g/mol. The highest BCUT2D eigenvalue weighted by Gasteiger charge is 2.53. The minimum Gasteiger partial charge on any atom is -0.310 e. The van der Waals surface area contributed by atoms with Crippen molar-refractivity contribution in [2.45, 2.75) is 43.9 Å². The predicted octanol–water partition coefficient (Wildman–Crippen LogP) is 17.6. The van der Waals surface area contributed by atoms with Gasteiger partial charge in [-0.2, -0.15) is 0 Å². The molecule has 1 spiro atoms. The fraction of sp³-hybridized carbons (Fsp3) is 0.104. The molecule has 0 aliphatic heterocycles. The fourth-order valence-electron chi connectivity index (χ4n) is 13.2. The van der Waals surface area contributed by atoms with Crippen molar-refractivity contribution in [3.63, 3.8) is 0 Å². The highest BCUT2D eigenvalue weighted by atomic mass is 15.2. The summed E-state index contributed by atoms with van der Waals surface area (Å²) in [6.45, 7) is 9.53. The Hall–Kier alpha value is -8.20. The first-order chi connectivity index (χ1) is 33.8. The lowest BCUT2D eigenvalue weighted by Gasteiger charge is -2.35. The lowest BCUT2D eigenvalue weighted by atomic mass is 9.70. The van der Waals surface area contributed by atoms with Gasteiger partial charge >= 0.3 is 0 Å². The van der Waals surface area contributed by atoms with E-state index in [1.807, 2.05) is 0 Å². The highest BCUT2D eigenvalue weighted by Crippen LogP contribution is 2.66. The van der Waals surface area contributed by atoms with Crippen LogP contribution in [0.4, 0.5) is 34.1 Å². The summed E-state index contributed by atoms with van der Waals surface area (Å²) in [5.41, 5.74) is 26.9. The lowest BCUT2D eigenvalue weighted by Crippen LogP contribution is -2.26. The van der Waals surface area contributed by atoms with Gasteiger partial charge in [-0.25, -0.2) is 0 Å². The van der Waals surface area contributed by atoms with Gasteiger partial charge in [-0.05, 0) is 144 Å². The van der Waals surface area contributed by atoms with Crippen LogP contribution < -0.4 is 9.80 Å². The largest absolute Gasteiger partial charge is 0.310 e. The summed E-state index contributed by atoms with van der Waals surface area (Å²) in [6.07, 6.45) is 0. The van der Waals surface area contributed by atoms with Crippen LogP contribution in [0.5, 0.6) is 0 Å². The molecule has 328 valence electrons. The van der Waals surface area contributed by atoms with Gasteiger partial charge in [-0.15, -0.1) is 0 Å². The SMILES string of the molecule is CC1(C)c2ccccc2-c2ccc(N(c3ccccc3)c3cc(N(c4ccccc4)c4ccc5c(c4)C(C)(C)c4ccccc4-5)c4c(c3)C3(c5ccccc5-c5ccccc53)c3ccccc3-4)cc21. The summed E-state index contributed by atoms with van der Waals surface area (Å²) in [4.78, 5) is 5.06. The molecule has 0 heterocycles. The molecular weight excluding hydrogens is 833 g/mol. The molecule has 2 heteroatoms. The van der Waals surface area contributed by atoms with E-state index in [1.165, 1.54) is 89.0 Å². The second kappa shape index (κ2) is 14.4. The number of para-hydroxylation sites is 2. The molecule has 10 aromatic rings. The molecule has 0 saturated heterocycles. The van der Waals surface area contributed by atoms with Crippen LogP contribution in [0.1, 0.15) is 72.2 Å². The number of nitrogens with zero attached hydrogens (tertiary/aromatic N) is 2. The smallest absolute Gasteiger partial charge is 0.0727 e. The third kappa shape index (κ3) is 5.37. The van der Waals surface area contributed by atoms with E-state index in [9.17, 15) is 0 Å². The maximum atomic E-state index is 2.55. The molecule has 10 aromatic carbocycles. The molecule has 0 N–H and O–H groups in total. The zero-order valence-electron chi connectivity index (χ0n) is 39.3. The number of anilines is 6. The molecule has 0 amide bonds. The molecule has 0 radical (unpaired) electrons. The van der Waals surface area contributed by atoms with E-state index in [2.05, 4.69) is 268 Å². The van der Waals surface area contributed by atoms with E-state index >= 15 is 0 Å². The summed E-state index contributed by atoms with van der Waals surface area (Å²) in [6, 6.07) is 86.9. The molecule has 4 aliphatic rings. The van der Waals surface area contributed by atoms with E-state index in [0.29, 0.717) is 0 Å². The van der Waals surface area contributed by atoms with Crippen LogP contribution in [0.25, 0.3) is 44.5 Å². The van der Waals surface area contributed by atoms with Crippen molar-refractivity contribution in [2.24, 2.45) is 0 Å². The van der Waals surface area contributed by atoms with E-state index in [1.54, 1.807) is 0 Å². The molecule has 0 bridgehead atoms. The second-order valence-corrected chi connectivity index (χ2v) is 20.4. The van der Waals surface area contributed by atoms with Crippen LogP contribution in [0.3, 0.4) is 0 Å². The molecule has 4 aliphatic carbocycles. The van der Waals surface area contributed by atoms with Gasteiger partial charge < -0.3 is 9.80 Å². The van der Waals surface area contributed by atoms with Gasteiger partial charge in [0.2, 0.25) is 0 Å². The summed E-state index contributed by atoms with van der Waals surface area (Å²) < 4.78 is 0. The number of hydrogen-bond acceptors (Lipinski definition) is 2. The summed E-state index contributed by atoms with van der Waals surface area (Å²) in [5, 5.41) is 0. The van der Waals surface area contributed by atoms with Gasteiger partial charge in [0.25, 0.3) is 0 Å². The van der Waals surface area contributed by atoms with Crippen molar-refractivity contribution in [3.05, 3.63) is 275 Å². The highest BCUT2D eigenvalue weighted by molar-refractivity contribution is 6.03. The number of fused-ring (bicyclic) bond motifs is 16. The predicted molar refractivity (Wildman–Crippen MR) is 287 cm³/mol. The first kappa shape index (κ1) is 39.9. The average molecular weight is 883 g/mol. The van der Waals surface area contributed by atoms with Crippen LogP contribution in [0.15, 0.2) is 231 Å². The Morgan fingerprint density at radius 1 is 0.246 bits per heavy atom. The van der Waals surface area contributed by atoms with Crippen molar-refractivity contribution < 1.29 is 0 Å². The lowest BCUT2D eigenvalue weighted by molar-refractivity contribution is 0.660. The maximum absolute atomic E-state index is 2.55. The standard InChI is InChI=1S/C67H50N2/c1-65(2)55-30-16-11-25-48(55)52-37-35-45(39-60(52)65)68(43-21-7-5-8-22-43)47-41-62-64(54-29-15-20-34-59(54)67(62)57-32-18-13-27-50(57)51-28-14-19-33-58(51)67)63(42-47)69(44-23-9-6-10-24-44)46-36-38-53-49-26-12-17-31-56(49)66(3,4)61(53)40-46/h5-42H,1-4H3. The Kier molecular flexibility index (Phi) is 8.33. The van der Waals surface area contributed by atoms with E-state index in [-0.39, 0.29) is 10.8 Å². The summed E-state index contributed by atoms with van der Waals surface area (Å²) >= 11 is 0. The van der Waals surface area contributed by atoms with Crippen LogP contribution in [0, 0.1) is 0 Å². The van der Waals surface area contributed by atoms with E-state index in [0.717, 1.165) is 34.1 Å². The van der Waals surface area contributed by atoms with Crippen LogP contribution in [-0.4, -0.2) is 0 Å². The number of rotatable bonds is 6. The quantitative estimate of drug-likeness (QED) is 0.164. The number of hydrogen-bond donors (Lipinski definition) is 0. The minimum absolute atomic E-state index is 0.165. The van der Waals surface area contributed by atoms with Crippen molar-refractivity contribution in [3.8, 4) is 44.5 Å². The van der Waals surface area contributed by atoms with Gasteiger partial charge in [0.15, 0.2) is 0 Å². The summed E-state index contributed by atoms with van der Waals surface area (Å²) in [5.74, 6) is 0. The van der Waals surface area contributed by atoms with Gasteiger partial charge in [-0.1, -0.05) is 198 Å². The first-order valence-corrected chi connectivity index (χ1v) is 24.4. The van der Waals surface area contributed by atoms with Gasteiger partial charge in [0, 0.05) is 44.8 Å². The Labute approximate surface area is 405 Å². The zero-order valence-corrected chi connectivity index (χ0v) is 39.3. The van der Waals surface area contributed by atoms with Crippen molar-refractivity contribution >= 4 is 34.1 Å². The van der Waals surface area contributed by atoms with Crippen molar-refractivity contribution in [1.82, 2.24) is 0 Å². The van der Waals surface area contributed by atoms with Gasteiger partial charge in [0.1, 0.15) is 0 Å². The first-order valence-electron chi connectivity index (χ1n) is 24.4. The zero-order chi connectivity index (χ0) is 46.2. The van der Waals surface area contributed by atoms with Crippen molar-refractivity contribution in [1.29, 1.82) is 0 Å². The maximum Gasteiger partial charge on any atom is 0.0727 e. The minimum atomic E-state index is -0.572. The topological polar surface area (TPSA) is 6.48 Å². The second-order valence-electron chi connectivity index (χ2n) is 20.4. The normalized spacial score (nSPS) is 15.0. The molecule has 2 nitrogen and oxygen atoms in total. The molecule has 14 rings (SSSR count). The Morgan fingerprint density at radius 2 is 0.594 bits per heavy atom. The Bertz CT molecular complexity index is 3700. The summed E-state index contributed by atoms with van der Waals surface area (Å²) in [7, 11) is 0. The fourth-order valence-corrected chi connectivity index (χ4v) is 13.2. The molecule has 0 fully saturated rings. The molecule has 69 heavy (non-hydrogen) atoms. The molecule has 0 saturated carbocycles. The Morgan fingerprint density at radius 3 is 1.09 bits per heavy atom. The number of benzene rings is 10. The third-order valence-electron chi connectivity index (χ3n) is 16.2. The van der Waals surface area contributed by atoms with Crippen LogP contribution in [0.2, 0.25) is 0 Å². The van der Waals surface area contributed by atoms with E-state index in [4.69, 9.17) is 0 Å². The third-order valence-corrected chi connectivity index (χ3v) is 16.2. The van der Waals surface area contributed by atoms with Gasteiger partial charge in [-0.3, -0.25) is 0 Å². The van der Waals surface area contributed by atoms with E-state index < -0.39 is 5.41 Å². The molecule has 0 atom stereocenters. The Balaban J connectivity index is 1.10. The average Bonchev–Trinajstić information content (AvgIpc) is 4.02. The molecular formula is C67H50N2. The van der Waals surface area contributed by atoms with Crippen LogP contribution >= 0.6 is 0 Å². The molecule has 0 unspecified atom stereocenters. The van der Waals surface area contributed by atoms with Gasteiger partial charge in [0.05, 0.1) is 11.1 Å². The van der Waals surface area contributed by atoms with Crippen molar-refractivity contribution in [2.75, 3.05) is 9.80 Å². The van der Waals surface area contributed by atoms with Crippen LogP contribution in [-0.2, 0) is 16.2 Å².